The van der Waals surface area contributed by atoms with Crippen LogP contribution in [0.15, 0.2) is 42.7 Å². The van der Waals surface area contributed by atoms with Gasteiger partial charge in [0, 0.05) is 19.3 Å². The number of aryl methyl sites for hydroxylation is 1. The number of nitrogens with zero attached hydrogens (tertiary/aromatic N) is 2. The molecule has 0 amide bonds. The largest absolute Gasteiger partial charge is 0.492 e. The zero-order valence-corrected chi connectivity index (χ0v) is 12.2. The van der Waals surface area contributed by atoms with Crippen LogP contribution in [0.1, 0.15) is 18.9 Å². The van der Waals surface area contributed by atoms with Crippen molar-refractivity contribution in [2.75, 3.05) is 13.2 Å². The van der Waals surface area contributed by atoms with Gasteiger partial charge in [0.25, 0.3) is 0 Å². The maximum absolute atomic E-state index is 5.85. The summed E-state index contributed by atoms with van der Waals surface area (Å²) in [5, 5.41) is 7.75. The molecule has 20 heavy (non-hydrogen) atoms. The predicted molar refractivity (Wildman–Crippen MR) is 80.9 cm³/mol. The molecule has 1 unspecified atom stereocenters. The van der Waals surface area contributed by atoms with E-state index in [9.17, 15) is 0 Å². The van der Waals surface area contributed by atoms with Crippen LogP contribution >= 0.6 is 0 Å². The van der Waals surface area contributed by atoms with E-state index in [1.54, 1.807) is 0 Å². The molecule has 0 saturated carbocycles. The third kappa shape index (κ3) is 4.70. The molecule has 0 spiro atoms. The molecule has 4 nitrogen and oxygen atoms in total. The van der Waals surface area contributed by atoms with Gasteiger partial charge >= 0.3 is 0 Å². The molecule has 1 N–H and O–H groups in total. The Morgan fingerprint density at radius 2 is 2.10 bits per heavy atom. The lowest BCUT2D eigenvalue weighted by Gasteiger charge is -2.18. The maximum Gasteiger partial charge on any atom is 0.119 e. The third-order valence-corrected chi connectivity index (χ3v) is 3.12. The highest BCUT2D eigenvalue weighted by molar-refractivity contribution is 5.21. The lowest BCUT2D eigenvalue weighted by atomic mass is 10.1. The minimum absolute atomic E-state index is 0.305. The standard InChI is InChI=1S/C16H23N3O/c1-3-9-17-15(10-14-11-18-19(2)12-14)13-20-16-7-5-4-6-8-16/h4-8,11-12,15,17H,3,9-10,13H2,1-2H3. The van der Waals surface area contributed by atoms with E-state index in [2.05, 4.69) is 23.5 Å². The van der Waals surface area contributed by atoms with Crippen LogP contribution in [0.2, 0.25) is 0 Å². The summed E-state index contributed by atoms with van der Waals surface area (Å²) in [6, 6.07) is 10.3. The Kier molecular flexibility index (Phi) is 5.62. The van der Waals surface area contributed by atoms with E-state index in [4.69, 9.17) is 4.74 Å². The van der Waals surface area contributed by atoms with E-state index < -0.39 is 0 Å². The van der Waals surface area contributed by atoms with Crippen molar-refractivity contribution >= 4 is 0 Å². The lowest BCUT2D eigenvalue weighted by molar-refractivity contribution is 0.263. The van der Waals surface area contributed by atoms with Gasteiger partial charge < -0.3 is 10.1 Å². The highest BCUT2D eigenvalue weighted by Crippen LogP contribution is 2.10. The van der Waals surface area contributed by atoms with E-state index in [-0.39, 0.29) is 0 Å². The molecule has 0 radical (unpaired) electrons. The van der Waals surface area contributed by atoms with Gasteiger partial charge in [-0.05, 0) is 37.1 Å². The lowest BCUT2D eigenvalue weighted by Crippen LogP contribution is -2.37. The second kappa shape index (κ2) is 7.70. The van der Waals surface area contributed by atoms with Crippen LogP contribution in [0.25, 0.3) is 0 Å². The summed E-state index contributed by atoms with van der Waals surface area (Å²) in [5.74, 6) is 0.919. The van der Waals surface area contributed by atoms with E-state index in [1.807, 2.05) is 48.3 Å². The number of para-hydroxylation sites is 1. The van der Waals surface area contributed by atoms with E-state index >= 15 is 0 Å². The Balaban J connectivity index is 1.89. The molecule has 1 atom stereocenters. The van der Waals surface area contributed by atoms with Crippen LogP contribution in [0.3, 0.4) is 0 Å². The van der Waals surface area contributed by atoms with Crippen molar-refractivity contribution in [3.8, 4) is 5.75 Å². The molecule has 108 valence electrons. The summed E-state index contributed by atoms with van der Waals surface area (Å²) in [6.07, 6.45) is 6.03. The minimum Gasteiger partial charge on any atom is -0.492 e. The predicted octanol–water partition coefficient (Wildman–Crippen LogP) is 2.41. The van der Waals surface area contributed by atoms with Gasteiger partial charge in [0.15, 0.2) is 0 Å². The van der Waals surface area contributed by atoms with Gasteiger partial charge in [0.05, 0.1) is 6.20 Å². The summed E-state index contributed by atoms with van der Waals surface area (Å²) >= 11 is 0. The molecule has 0 fully saturated rings. The maximum atomic E-state index is 5.85. The molecule has 0 saturated heterocycles. The second-order valence-electron chi connectivity index (χ2n) is 5.00. The molecule has 2 aromatic rings. The summed E-state index contributed by atoms with van der Waals surface area (Å²) in [4.78, 5) is 0. The Morgan fingerprint density at radius 1 is 1.30 bits per heavy atom. The summed E-state index contributed by atoms with van der Waals surface area (Å²) < 4.78 is 7.69. The highest BCUT2D eigenvalue weighted by Gasteiger charge is 2.11. The van der Waals surface area contributed by atoms with Crippen LogP contribution in [-0.4, -0.2) is 29.0 Å². The number of hydrogen-bond acceptors (Lipinski definition) is 3. The third-order valence-electron chi connectivity index (χ3n) is 3.12. The SMILES string of the molecule is CCCNC(COc1ccccc1)Cc1cnn(C)c1. The van der Waals surface area contributed by atoms with Gasteiger partial charge in [0.1, 0.15) is 12.4 Å². The summed E-state index contributed by atoms with van der Waals surface area (Å²) in [6.45, 7) is 3.84. The number of nitrogens with one attached hydrogen (secondary N) is 1. The molecule has 1 aromatic carbocycles. The first kappa shape index (κ1) is 14.6. The van der Waals surface area contributed by atoms with E-state index in [0.29, 0.717) is 12.6 Å². The minimum atomic E-state index is 0.305. The fraction of sp³-hybridized carbons (Fsp3) is 0.438. The average Bonchev–Trinajstić information content (AvgIpc) is 2.88. The van der Waals surface area contributed by atoms with Crippen molar-refractivity contribution < 1.29 is 4.74 Å². The first-order valence-electron chi connectivity index (χ1n) is 7.16. The van der Waals surface area contributed by atoms with Crippen LogP contribution in [0.5, 0.6) is 5.75 Å². The first-order chi connectivity index (χ1) is 9.78. The van der Waals surface area contributed by atoms with Gasteiger partial charge in [-0.3, -0.25) is 4.68 Å². The zero-order chi connectivity index (χ0) is 14.2. The van der Waals surface area contributed by atoms with Gasteiger partial charge in [-0.15, -0.1) is 0 Å². The van der Waals surface area contributed by atoms with E-state index in [0.717, 1.165) is 25.1 Å². The topological polar surface area (TPSA) is 39.1 Å². The molecule has 0 aliphatic carbocycles. The Bertz CT molecular complexity index is 495. The molecule has 2 rings (SSSR count). The van der Waals surface area contributed by atoms with Crippen LogP contribution in [0, 0.1) is 0 Å². The number of rotatable bonds is 8. The molecule has 1 aromatic heterocycles. The molecule has 0 aliphatic heterocycles. The van der Waals surface area contributed by atoms with Crippen LogP contribution < -0.4 is 10.1 Å². The molecular weight excluding hydrogens is 250 g/mol. The number of hydrogen-bond donors (Lipinski definition) is 1. The molecule has 0 bridgehead atoms. The van der Waals surface area contributed by atoms with Crippen LogP contribution in [-0.2, 0) is 13.5 Å². The summed E-state index contributed by atoms with van der Waals surface area (Å²) in [7, 11) is 1.94. The Morgan fingerprint density at radius 3 is 2.75 bits per heavy atom. The van der Waals surface area contributed by atoms with Crippen LogP contribution in [0.4, 0.5) is 0 Å². The number of benzene rings is 1. The summed E-state index contributed by atoms with van der Waals surface area (Å²) in [5.41, 5.74) is 1.23. The second-order valence-corrected chi connectivity index (χ2v) is 5.00. The molecule has 1 heterocycles. The Hall–Kier alpha value is -1.81. The molecule has 0 aliphatic rings. The van der Waals surface area contributed by atoms with Crippen molar-refractivity contribution in [2.45, 2.75) is 25.8 Å². The zero-order valence-electron chi connectivity index (χ0n) is 12.2. The Labute approximate surface area is 120 Å². The van der Waals surface area contributed by atoms with Crippen molar-refractivity contribution in [1.29, 1.82) is 0 Å². The average molecular weight is 273 g/mol. The monoisotopic (exact) mass is 273 g/mol. The van der Waals surface area contributed by atoms with Gasteiger partial charge in [-0.2, -0.15) is 5.10 Å². The molecular formula is C16H23N3O. The van der Waals surface area contributed by atoms with Crippen molar-refractivity contribution in [3.63, 3.8) is 0 Å². The van der Waals surface area contributed by atoms with Gasteiger partial charge in [-0.25, -0.2) is 0 Å². The normalized spacial score (nSPS) is 12.3. The number of aromatic nitrogens is 2. The van der Waals surface area contributed by atoms with Crippen molar-refractivity contribution in [2.24, 2.45) is 7.05 Å². The quantitative estimate of drug-likeness (QED) is 0.803. The van der Waals surface area contributed by atoms with Crippen molar-refractivity contribution in [3.05, 3.63) is 48.3 Å². The van der Waals surface area contributed by atoms with E-state index in [1.165, 1.54) is 5.56 Å². The van der Waals surface area contributed by atoms with Gasteiger partial charge in [0.2, 0.25) is 0 Å². The number of ether oxygens (including phenoxy) is 1. The van der Waals surface area contributed by atoms with Gasteiger partial charge in [-0.1, -0.05) is 25.1 Å². The smallest absolute Gasteiger partial charge is 0.119 e. The fourth-order valence-electron chi connectivity index (χ4n) is 2.11. The fourth-order valence-corrected chi connectivity index (χ4v) is 2.11. The molecule has 4 heteroatoms. The van der Waals surface area contributed by atoms with Crippen molar-refractivity contribution in [1.82, 2.24) is 15.1 Å². The highest BCUT2D eigenvalue weighted by atomic mass is 16.5. The first-order valence-corrected chi connectivity index (χ1v) is 7.16.